The molecule has 0 unspecified atom stereocenters. The van der Waals surface area contributed by atoms with E-state index in [9.17, 15) is 0 Å². The average Bonchev–Trinajstić information content (AvgIpc) is 3.94. The van der Waals surface area contributed by atoms with Crippen molar-refractivity contribution >= 4 is 122 Å². The molecule has 0 fully saturated rings. The molecule has 5 heteroatoms. The second-order valence-electron chi connectivity index (χ2n) is 21.2. The minimum Gasteiger partial charge on any atom is -0.454 e. The molecular formula is C65H51BN2OS. The lowest BCUT2D eigenvalue weighted by Crippen LogP contribution is -2.41. The number of furan rings is 1. The van der Waals surface area contributed by atoms with Gasteiger partial charge in [0.2, 0.25) is 0 Å². The lowest BCUT2D eigenvalue weighted by Gasteiger charge is -2.43. The Bertz CT molecular complexity index is 4140. The summed E-state index contributed by atoms with van der Waals surface area (Å²) in [7, 11) is 0.740. The van der Waals surface area contributed by atoms with Crippen molar-refractivity contribution in [3.8, 4) is 22.3 Å². The number of nitrogens with one attached hydrogen (secondary N) is 1. The Morgan fingerprint density at radius 3 is 1.96 bits per heavy atom. The van der Waals surface area contributed by atoms with Gasteiger partial charge in [0.25, 0.3) is 0 Å². The molecule has 0 saturated carbocycles. The van der Waals surface area contributed by atoms with E-state index in [2.05, 4.69) is 227 Å². The summed E-state index contributed by atoms with van der Waals surface area (Å²) in [6, 6.07) is 67.7. The van der Waals surface area contributed by atoms with Crippen molar-refractivity contribution in [2.75, 3.05) is 10.2 Å². The largest absolute Gasteiger partial charge is 0.454 e. The van der Waals surface area contributed by atoms with E-state index in [0.29, 0.717) is 0 Å². The molecule has 336 valence electrons. The number of benzene rings is 10. The SMILES string of the molecule is Cc1cc2c(cc1N1c3cc4ccccc4cc3Bc3c(-c4c(Nc5ccc(-c6ccccc6)cc5)ccc5sc6cc7ccccc7cc6c45)cc4c(oc5ccccc54)c31)C(C)(C)CCC2(C)C. The number of rotatable bonds is 5. The van der Waals surface area contributed by atoms with Crippen LogP contribution in [0.4, 0.5) is 28.4 Å². The fraction of sp³-hybridized carbons (Fsp3) is 0.138. The number of nitrogens with zero attached hydrogens (tertiary/aromatic N) is 1. The number of hydrogen-bond donors (Lipinski definition) is 1. The van der Waals surface area contributed by atoms with Gasteiger partial charge in [-0.15, -0.1) is 11.3 Å². The van der Waals surface area contributed by atoms with E-state index in [4.69, 9.17) is 4.42 Å². The normalized spacial score (nSPS) is 14.8. The minimum absolute atomic E-state index is 0.0222. The first-order chi connectivity index (χ1) is 34.1. The third-order valence-electron chi connectivity index (χ3n) is 16.0. The van der Waals surface area contributed by atoms with Crippen molar-refractivity contribution in [3.05, 3.63) is 199 Å². The summed E-state index contributed by atoms with van der Waals surface area (Å²) in [6.45, 7) is 12.1. The van der Waals surface area contributed by atoms with E-state index < -0.39 is 0 Å². The van der Waals surface area contributed by atoms with Gasteiger partial charge in [-0.1, -0.05) is 154 Å². The van der Waals surface area contributed by atoms with Gasteiger partial charge in [-0.3, -0.25) is 0 Å². The quantitative estimate of drug-likeness (QED) is 0.174. The summed E-state index contributed by atoms with van der Waals surface area (Å²) in [5.74, 6) is 0. The lowest BCUT2D eigenvalue weighted by molar-refractivity contribution is 0.332. The third-order valence-corrected chi connectivity index (χ3v) is 17.1. The van der Waals surface area contributed by atoms with Crippen molar-refractivity contribution in [3.63, 3.8) is 0 Å². The maximum absolute atomic E-state index is 7.23. The highest BCUT2D eigenvalue weighted by molar-refractivity contribution is 7.26. The van der Waals surface area contributed by atoms with E-state index in [1.165, 1.54) is 109 Å². The molecule has 1 N–H and O–H groups in total. The highest BCUT2D eigenvalue weighted by atomic mass is 32.1. The molecule has 0 spiro atoms. The second-order valence-corrected chi connectivity index (χ2v) is 22.3. The van der Waals surface area contributed by atoms with Crippen molar-refractivity contribution in [1.29, 1.82) is 0 Å². The van der Waals surface area contributed by atoms with Gasteiger partial charge in [0.1, 0.15) is 5.58 Å². The van der Waals surface area contributed by atoms with Gasteiger partial charge < -0.3 is 14.6 Å². The summed E-state index contributed by atoms with van der Waals surface area (Å²) < 4.78 is 9.79. The van der Waals surface area contributed by atoms with Crippen LogP contribution in [-0.4, -0.2) is 7.28 Å². The molecule has 12 aromatic rings. The molecule has 3 heterocycles. The van der Waals surface area contributed by atoms with Crippen LogP contribution >= 0.6 is 11.3 Å². The zero-order chi connectivity index (χ0) is 47.0. The van der Waals surface area contributed by atoms with Crippen LogP contribution in [0.3, 0.4) is 0 Å². The molecule has 0 amide bonds. The zero-order valence-corrected chi connectivity index (χ0v) is 41.0. The summed E-state index contributed by atoms with van der Waals surface area (Å²) in [4.78, 5) is 2.61. The molecule has 2 aliphatic rings. The fourth-order valence-electron chi connectivity index (χ4n) is 12.1. The zero-order valence-electron chi connectivity index (χ0n) is 40.2. The maximum atomic E-state index is 7.23. The number of fused-ring (bicyclic) bond motifs is 12. The van der Waals surface area contributed by atoms with E-state index in [0.717, 1.165) is 52.7 Å². The summed E-state index contributed by atoms with van der Waals surface area (Å²) in [6.07, 6.45) is 2.31. The molecule has 0 radical (unpaired) electrons. The second kappa shape index (κ2) is 15.2. The highest BCUT2D eigenvalue weighted by Gasteiger charge is 2.40. The van der Waals surface area contributed by atoms with Gasteiger partial charge in [0.15, 0.2) is 12.9 Å². The molecule has 1 aliphatic heterocycles. The molecule has 0 bridgehead atoms. The predicted molar refractivity (Wildman–Crippen MR) is 303 cm³/mol. The molecule has 14 rings (SSSR count). The Morgan fingerprint density at radius 1 is 0.557 bits per heavy atom. The molecule has 10 aromatic carbocycles. The average molecular weight is 919 g/mol. The Balaban J connectivity index is 1.11. The van der Waals surface area contributed by atoms with Gasteiger partial charge in [-0.2, -0.15) is 0 Å². The number of thiophene rings is 1. The van der Waals surface area contributed by atoms with Crippen molar-refractivity contribution in [2.24, 2.45) is 0 Å². The molecule has 0 atom stereocenters. The predicted octanol–water partition coefficient (Wildman–Crippen LogP) is 17.2. The van der Waals surface area contributed by atoms with E-state index in [-0.39, 0.29) is 10.8 Å². The molecule has 70 heavy (non-hydrogen) atoms. The molecule has 0 saturated heterocycles. The molecular weight excluding hydrogens is 868 g/mol. The van der Waals surface area contributed by atoms with Crippen molar-refractivity contribution in [1.82, 2.24) is 0 Å². The van der Waals surface area contributed by atoms with E-state index in [1.54, 1.807) is 0 Å². The Morgan fingerprint density at radius 2 is 1.20 bits per heavy atom. The van der Waals surface area contributed by atoms with Gasteiger partial charge in [0, 0.05) is 59.3 Å². The molecule has 3 nitrogen and oxygen atoms in total. The van der Waals surface area contributed by atoms with Crippen LogP contribution in [0.2, 0.25) is 0 Å². The van der Waals surface area contributed by atoms with Crippen LogP contribution in [0.1, 0.15) is 57.2 Å². The first-order valence-electron chi connectivity index (χ1n) is 24.8. The van der Waals surface area contributed by atoms with Crippen LogP contribution < -0.4 is 21.1 Å². The summed E-state index contributed by atoms with van der Waals surface area (Å²) in [5, 5.41) is 13.8. The smallest absolute Gasteiger partial charge is 0.198 e. The van der Waals surface area contributed by atoms with E-state index in [1.807, 2.05) is 11.3 Å². The number of para-hydroxylation sites is 1. The minimum atomic E-state index is 0.0222. The number of aryl methyl sites for hydroxylation is 1. The van der Waals surface area contributed by atoms with Crippen LogP contribution in [0.15, 0.2) is 186 Å². The Labute approximate surface area is 413 Å². The van der Waals surface area contributed by atoms with Crippen LogP contribution in [0.25, 0.3) is 85.9 Å². The first kappa shape index (κ1) is 41.4. The Hall–Kier alpha value is -7.60. The highest BCUT2D eigenvalue weighted by Crippen LogP contribution is 2.53. The van der Waals surface area contributed by atoms with Gasteiger partial charge >= 0.3 is 0 Å². The number of hydrogen-bond acceptors (Lipinski definition) is 4. The van der Waals surface area contributed by atoms with Gasteiger partial charge in [-0.05, 0) is 152 Å². The maximum Gasteiger partial charge on any atom is 0.198 e. The number of anilines is 5. The van der Waals surface area contributed by atoms with Crippen LogP contribution in [0, 0.1) is 6.92 Å². The third kappa shape index (κ3) is 6.34. The molecule has 1 aliphatic carbocycles. The topological polar surface area (TPSA) is 28.4 Å². The standard InChI is InChI=1S/C65H51BN2OS/c1-38-31-50-51(65(4,5)30-29-64(50,2)3)37-54(38)68-55-34-43-19-11-10-18-42(43)33-52(55)66-61-49(36-47-46-21-13-14-22-56(46)69-63(47)62(61)68)59-53(67-45-25-23-40(24-26-45)39-15-7-6-8-16-39)27-28-57-60(59)48-32-41-17-9-12-20-44(41)35-58(48)70-57/h6-28,31-37,66-67H,29-30H2,1-5H3. The monoisotopic (exact) mass is 918 g/mol. The van der Waals surface area contributed by atoms with Crippen molar-refractivity contribution < 1.29 is 4.42 Å². The Kier molecular flexibility index (Phi) is 8.99. The van der Waals surface area contributed by atoms with Gasteiger partial charge in [0.05, 0.1) is 5.69 Å². The van der Waals surface area contributed by atoms with Crippen LogP contribution in [0.5, 0.6) is 0 Å². The van der Waals surface area contributed by atoms with Crippen molar-refractivity contribution in [2.45, 2.75) is 58.3 Å². The van der Waals surface area contributed by atoms with E-state index >= 15 is 0 Å². The van der Waals surface area contributed by atoms with Crippen LogP contribution in [-0.2, 0) is 10.8 Å². The van der Waals surface area contributed by atoms with Gasteiger partial charge in [-0.25, -0.2) is 0 Å². The fourth-order valence-corrected chi connectivity index (χ4v) is 13.3. The summed E-state index contributed by atoms with van der Waals surface area (Å²) in [5.41, 5.74) is 19.2. The first-order valence-corrected chi connectivity index (χ1v) is 25.6. The lowest BCUT2D eigenvalue weighted by atomic mass is 9.57. The summed E-state index contributed by atoms with van der Waals surface area (Å²) >= 11 is 1.89. The molecule has 2 aromatic heterocycles.